The van der Waals surface area contributed by atoms with Crippen LogP contribution in [0.25, 0.3) is 22.0 Å². The van der Waals surface area contributed by atoms with Crippen LogP contribution in [0.3, 0.4) is 0 Å². The number of nitrogens with two attached hydrogens (primary N) is 1. The second kappa shape index (κ2) is 8.07. The van der Waals surface area contributed by atoms with E-state index in [0.717, 1.165) is 53.2 Å². The van der Waals surface area contributed by atoms with Gasteiger partial charge in [0.25, 0.3) is 0 Å². The molecule has 4 rings (SSSR count). The van der Waals surface area contributed by atoms with Crippen LogP contribution in [-0.2, 0) is 6.54 Å². The lowest BCUT2D eigenvalue weighted by Crippen LogP contribution is -2.27. The molecule has 0 bridgehead atoms. The maximum absolute atomic E-state index is 12.7. The Bertz CT molecular complexity index is 1020. The predicted molar refractivity (Wildman–Crippen MR) is 118 cm³/mol. The van der Waals surface area contributed by atoms with Crippen LogP contribution in [0.5, 0.6) is 0 Å². The summed E-state index contributed by atoms with van der Waals surface area (Å²) < 4.78 is 2.20. The number of hydrogen-bond acceptors (Lipinski definition) is 4. The second-order valence-electron chi connectivity index (χ2n) is 7.47. The Labute approximate surface area is 165 Å². The predicted octanol–water partition coefficient (Wildman–Crippen LogP) is 3.78. The summed E-state index contributed by atoms with van der Waals surface area (Å²) in [7, 11) is 0. The van der Waals surface area contributed by atoms with Crippen molar-refractivity contribution in [1.29, 1.82) is 0 Å². The minimum atomic E-state index is 0.0622. The molecule has 1 aliphatic rings. The zero-order chi connectivity index (χ0) is 19.5. The lowest BCUT2D eigenvalue weighted by Gasteiger charge is -2.19. The summed E-state index contributed by atoms with van der Waals surface area (Å²) in [4.78, 5) is 15.2. The molecular formula is C23H28N4O. The Morgan fingerprint density at radius 1 is 1.00 bits per heavy atom. The number of nitrogen functional groups attached to an aromatic ring is 1. The average molecular weight is 377 g/mol. The van der Waals surface area contributed by atoms with Gasteiger partial charge in [0.1, 0.15) is 5.82 Å². The van der Waals surface area contributed by atoms with Gasteiger partial charge in [0.15, 0.2) is 5.43 Å². The van der Waals surface area contributed by atoms with Crippen LogP contribution in [-0.4, -0.2) is 35.6 Å². The number of rotatable bonds is 6. The molecule has 0 aliphatic carbocycles. The number of pyridine rings is 1. The van der Waals surface area contributed by atoms with Crippen LogP contribution in [0.15, 0.2) is 53.3 Å². The highest BCUT2D eigenvalue weighted by Crippen LogP contribution is 2.26. The molecule has 1 fully saturated rings. The van der Waals surface area contributed by atoms with Gasteiger partial charge in [0.2, 0.25) is 0 Å². The summed E-state index contributed by atoms with van der Waals surface area (Å²) in [5, 5.41) is 4.25. The molecule has 0 radical (unpaired) electrons. The Kier molecular flexibility index (Phi) is 5.35. The first-order valence-electron chi connectivity index (χ1n) is 10.2. The number of hydrogen-bond donors (Lipinski definition) is 2. The van der Waals surface area contributed by atoms with Gasteiger partial charge in [-0.1, -0.05) is 18.2 Å². The van der Waals surface area contributed by atoms with E-state index < -0.39 is 0 Å². The van der Waals surface area contributed by atoms with E-state index in [1.807, 2.05) is 36.4 Å². The normalized spacial score (nSPS) is 14.6. The summed E-state index contributed by atoms with van der Waals surface area (Å²) in [5.41, 5.74) is 9.78. The van der Waals surface area contributed by atoms with E-state index in [-0.39, 0.29) is 5.43 Å². The van der Waals surface area contributed by atoms with Gasteiger partial charge in [0.05, 0.1) is 5.52 Å². The number of likely N-dealkylation sites (tertiary alicyclic amines) is 1. The highest BCUT2D eigenvalue weighted by molar-refractivity contribution is 5.86. The van der Waals surface area contributed by atoms with Gasteiger partial charge in [0, 0.05) is 36.8 Å². The highest BCUT2D eigenvalue weighted by atomic mass is 16.1. The SMILES string of the molecule is CCn1c(NCCN2CCCC2)cc(=O)c2ccc(-c3ccc(N)cc3)cc21. The highest BCUT2D eigenvalue weighted by Gasteiger charge is 2.12. The third kappa shape index (κ3) is 3.76. The van der Waals surface area contributed by atoms with Crippen LogP contribution in [0, 0.1) is 0 Å². The molecule has 0 unspecified atom stereocenters. The Balaban J connectivity index is 1.67. The van der Waals surface area contributed by atoms with E-state index in [2.05, 4.69) is 27.8 Å². The molecule has 1 aromatic heterocycles. The first-order chi connectivity index (χ1) is 13.7. The zero-order valence-corrected chi connectivity index (χ0v) is 16.4. The number of aryl methyl sites for hydroxylation is 1. The molecule has 28 heavy (non-hydrogen) atoms. The van der Waals surface area contributed by atoms with Crippen molar-refractivity contribution in [2.75, 3.05) is 37.2 Å². The molecule has 146 valence electrons. The van der Waals surface area contributed by atoms with E-state index in [4.69, 9.17) is 5.73 Å². The van der Waals surface area contributed by atoms with Crippen LogP contribution in [0.4, 0.5) is 11.5 Å². The number of nitrogens with zero attached hydrogens (tertiary/aromatic N) is 2. The fourth-order valence-electron chi connectivity index (χ4n) is 4.06. The maximum atomic E-state index is 12.7. The van der Waals surface area contributed by atoms with E-state index in [1.165, 1.54) is 25.9 Å². The molecule has 1 saturated heterocycles. The van der Waals surface area contributed by atoms with Gasteiger partial charge in [-0.25, -0.2) is 0 Å². The molecule has 3 aromatic rings. The molecule has 0 saturated carbocycles. The number of nitrogens with one attached hydrogen (secondary N) is 1. The van der Waals surface area contributed by atoms with Gasteiger partial charge in [-0.3, -0.25) is 4.79 Å². The van der Waals surface area contributed by atoms with Crippen LogP contribution in [0.1, 0.15) is 19.8 Å². The first-order valence-corrected chi connectivity index (χ1v) is 10.2. The van der Waals surface area contributed by atoms with Crippen molar-refractivity contribution in [2.24, 2.45) is 0 Å². The lowest BCUT2D eigenvalue weighted by molar-refractivity contribution is 0.352. The smallest absolute Gasteiger partial charge is 0.191 e. The molecule has 0 atom stereocenters. The number of anilines is 2. The van der Waals surface area contributed by atoms with Gasteiger partial charge in [-0.15, -0.1) is 0 Å². The van der Waals surface area contributed by atoms with Gasteiger partial charge >= 0.3 is 0 Å². The Morgan fingerprint density at radius 2 is 1.71 bits per heavy atom. The van der Waals surface area contributed by atoms with Crippen molar-refractivity contribution in [3.05, 3.63) is 58.8 Å². The van der Waals surface area contributed by atoms with Crippen LogP contribution < -0.4 is 16.5 Å². The zero-order valence-electron chi connectivity index (χ0n) is 16.4. The van der Waals surface area contributed by atoms with Gasteiger partial charge in [-0.2, -0.15) is 0 Å². The fraction of sp³-hybridized carbons (Fsp3) is 0.348. The molecule has 2 heterocycles. The van der Waals surface area contributed by atoms with Crippen molar-refractivity contribution in [3.8, 4) is 11.1 Å². The number of benzene rings is 2. The Morgan fingerprint density at radius 3 is 2.43 bits per heavy atom. The monoisotopic (exact) mass is 376 g/mol. The van der Waals surface area contributed by atoms with E-state index >= 15 is 0 Å². The molecule has 5 nitrogen and oxygen atoms in total. The molecule has 5 heteroatoms. The third-order valence-electron chi connectivity index (χ3n) is 5.61. The maximum Gasteiger partial charge on any atom is 0.191 e. The number of aromatic nitrogens is 1. The van der Waals surface area contributed by atoms with Crippen molar-refractivity contribution < 1.29 is 0 Å². The summed E-state index contributed by atoms with van der Waals surface area (Å²) >= 11 is 0. The molecule has 3 N–H and O–H groups in total. The van der Waals surface area contributed by atoms with Crippen molar-refractivity contribution >= 4 is 22.4 Å². The van der Waals surface area contributed by atoms with Crippen molar-refractivity contribution in [1.82, 2.24) is 9.47 Å². The summed E-state index contributed by atoms with van der Waals surface area (Å²) in [6.45, 7) is 7.15. The number of fused-ring (bicyclic) bond motifs is 1. The molecule has 2 aromatic carbocycles. The first kappa shape index (κ1) is 18.6. The topological polar surface area (TPSA) is 63.3 Å². The minimum Gasteiger partial charge on any atom is -0.399 e. The third-order valence-corrected chi connectivity index (χ3v) is 5.61. The standard InChI is InChI=1S/C23H28N4O/c1-2-27-21-15-18(17-5-8-19(24)9-6-17)7-10-20(21)22(28)16-23(27)25-11-14-26-12-3-4-13-26/h5-10,15-16,25H,2-4,11-14,24H2,1H3. The van der Waals surface area contributed by atoms with Gasteiger partial charge < -0.3 is 20.5 Å². The quantitative estimate of drug-likeness (QED) is 0.643. The van der Waals surface area contributed by atoms with E-state index in [9.17, 15) is 4.79 Å². The van der Waals surface area contributed by atoms with Crippen molar-refractivity contribution in [3.63, 3.8) is 0 Å². The molecule has 1 aliphatic heterocycles. The molecular weight excluding hydrogens is 348 g/mol. The van der Waals surface area contributed by atoms with E-state index in [0.29, 0.717) is 0 Å². The fourth-order valence-corrected chi connectivity index (χ4v) is 4.06. The average Bonchev–Trinajstić information content (AvgIpc) is 3.22. The second-order valence-corrected chi connectivity index (χ2v) is 7.47. The lowest BCUT2D eigenvalue weighted by atomic mass is 10.0. The van der Waals surface area contributed by atoms with Gasteiger partial charge in [-0.05, 0) is 68.2 Å². The molecule has 0 amide bonds. The summed E-state index contributed by atoms with van der Waals surface area (Å²) in [6.07, 6.45) is 2.59. The summed E-state index contributed by atoms with van der Waals surface area (Å²) in [5.74, 6) is 0.897. The van der Waals surface area contributed by atoms with E-state index in [1.54, 1.807) is 6.07 Å². The van der Waals surface area contributed by atoms with Crippen molar-refractivity contribution in [2.45, 2.75) is 26.3 Å². The van der Waals surface area contributed by atoms with Crippen LogP contribution in [0.2, 0.25) is 0 Å². The summed E-state index contributed by atoms with van der Waals surface area (Å²) in [6, 6.07) is 15.6. The Hall–Kier alpha value is -2.79. The largest absolute Gasteiger partial charge is 0.399 e. The molecule has 0 spiro atoms. The minimum absolute atomic E-state index is 0.0622. The van der Waals surface area contributed by atoms with Crippen LogP contribution >= 0.6 is 0 Å².